The summed E-state index contributed by atoms with van der Waals surface area (Å²) < 4.78 is 38.0. The summed E-state index contributed by atoms with van der Waals surface area (Å²) in [6.07, 6.45) is 0. The van der Waals surface area contributed by atoms with Crippen molar-refractivity contribution in [3.63, 3.8) is 0 Å². The molecule has 2 aromatic carbocycles. The summed E-state index contributed by atoms with van der Waals surface area (Å²) in [5.74, 6) is -0.508. The lowest BCUT2D eigenvalue weighted by Gasteiger charge is -2.12. The van der Waals surface area contributed by atoms with Crippen LogP contribution in [0.25, 0.3) is 0 Å². The molecule has 0 aromatic heterocycles. The molecule has 0 aliphatic heterocycles. The van der Waals surface area contributed by atoms with Gasteiger partial charge >= 0.3 is 0 Å². The maximum atomic E-state index is 13.8. The van der Waals surface area contributed by atoms with Gasteiger partial charge in [-0.1, -0.05) is 0 Å². The average Bonchev–Trinajstić information content (AvgIpc) is 2.45. The first-order valence-electron chi connectivity index (χ1n) is 5.71. The van der Waals surface area contributed by atoms with E-state index < -0.39 is 11.6 Å². The van der Waals surface area contributed by atoms with Crippen molar-refractivity contribution in [3.05, 3.63) is 52.0 Å². The molecule has 20 heavy (non-hydrogen) atoms. The standard InChI is InChI=1S/C14H12BrF2NO2/c1-19-8-2-5-12(18)13(6-8)20-7-9-11(16)4-3-10(15)14(9)17/h2-6H,7,18H2,1H3. The lowest BCUT2D eigenvalue weighted by molar-refractivity contribution is 0.292. The Kier molecular flexibility index (Phi) is 4.44. The van der Waals surface area contributed by atoms with Gasteiger partial charge in [0, 0.05) is 6.07 Å². The highest BCUT2D eigenvalue weighted by Crippen LogP contribution is 2.29. The Balaban J connectivity index is 2.23. The van der Waals surface area contributed by atoms with Gasteiger partial charge < -0.3 is 15.2 Å². The Morgan fingerprint density at radius 2 is 1.95 bits per heavy atom. The number of ether oxygens (including phenoxy) is 2. The lowest BCUT2D eigenvalue weighted by Crippen LogP contribution is -2.04. The Bertz CT molecular complexity index is 635. The zero-order chi connectivity index (χ0) is 14.7. The molecule has 0 saturated carbocycles. The molecular formula is C14H12BrF2NO2. The third-order valence-corrected chi connectivity index (χ3v) is 3.34. The van der Waals surface area contributed by atoms with Gasteiger partial charge in [-0.3, -0.25) is 0 Å². The monoisotopic (exact) mass is 343 g/mol. The fourth-order valence-corrected chi connectivity index (χ4v) is 1.99. The predicted molar refractivity (Wildman–Crippen MR) is 75.8 cm³/mol. The highest BCUT2D eigenvalue weighted by Gasteiger charge is 2.14. The quantitative estimate of drug-likeness (QED) is 0.676. The zero-order valence-corrected chi connectivity index (χ0v) is 12.2. The van der Waals surface area contributed by atoms with Crippen LogP contribution in [-0.2, 0) is 6.61 Å². The van der Waals surface area contributed by atoms with Crippen LogP contribution in [0.1, 0.15) is 5.56 Å². The first kappa shape index (κ1) is 14.6. The van der Waals surface area contributed by atoms with Gasteiger partial charge in [0.05, 0.1) is 22.8 Å². The van der Waals surface area contributed by atoms with E-state index in [4.69, 9.17) is 15.2 Å². The maximum Gasteiger partial charge on any atom is 0.146 e. The normalized spacial score (nSPS) is 10.4. The van der Waals surface area contributed by atoms with Gasteiger partial charge in [-0.15, -0.1) is 0 Å². The van der Waals surface area contributed by atoms with Gasteiger partial charge in [0.2, 0.25) is 0 Å². The summed E-state index contributed by atoms with van der Waals surface area (Å²) in [4.78, 5) is 0. The number of anilines is 1. The van der Waals surface area contributed by atoms with Crippen LogP contribution in [-0.4, -0.2) is 7.11 Å². The molecule has 0 radical (unpaired) electrons. The van der Waals surface area contributed by atoms with Crippen molar-refractivity contribution in [2.75, 3.05) is 12.8 Å². The maximum absolute atomic E-state index is 13.8. The van der Waals surface area contributed by atoms with Gasteiger partial charge in [-0.05, 0) is 40.2 Å². The highest BCUT2D eigenvalue weighted by molar-refractivity contribution is 9.10. The van der Waals surface area contributed by atoms with Crippen molar-refractivity contribution < 1.29 is 18.3 Å². The third-order valence-electron chi connectivity index (χ3n) is 2.73. The number of nitrogens with two attached hydrogens (primary N) is 1. The second-order valence-electron chi connectivity index (χ2n) is 4.01. The molecule has 2 N–H and O–H groups in total. The van der Waals surface area contributed by atoms with E-state index in [0.717, 1.165) is 0 Å². The zero-order valence-electron chi connectivity index (χ0n) is 10.6. The third kappa shape index (κ3) is 3.01. The Morgan fingerprint density at radius 1 is 1.20 bits per heavy atom. The van der Waals surface area contributed by atoms with E-state index in [2.05, 4.69) is 15.9 Å². The van der Waals surface area contributed by atoms with Crippen molar-refractivity contribution >= 4 is 21.6 Å². The van der Waals surface area contributed by atoms with Gasteiger partial charge in [0.15, 0.2) is 0 Å². The molecule has 3 nitrogen and oxygen atoms in total. The van der Waals surface area contributed by atoms with E-state index in [-0.39, 0.29) is 16.6 Å². The van der Waals surface area contributed by atoms with E-state index in [0.29, 0.717) is 17.2 Å². The number of halogens is 3. The van der Waals surface area contributed by atoms with E-state index in [1.54, 1.807) is 18.2 Å². The molecule has 0 amide bonds. The summed E-state index contributed by atoms with van der Waals surface area (Å²) in [5.41, 5.74) is 5.93. The molecule has 2 aromatic rings. The summed E-state index contributed by atoms with van der Waals surface area (Å²) in [6, 6.07) is 7.29. The fourth-order valence-electron chi connectivity index (χ4n) is 1.62. The Morgan fingerprint density at radius 3 is 2.65 bits per heavy atom. The number of hydrogen-bond donors (Lipinski definition) is 1. The van der Waals surface area contributed by atoms with Crippen LogP contribution in [0.3, 0.4) is 0 Å². The first-order chi connectivity index (χ1) is 9.52. The molecule has 6 heteroatoms. The van der Waals surface area contributed by atoms with Gasteiger partial charge in [-0.2, -0.15) is 0 Å². The van der Waals surface area contributed by atoms with Crippen LogP contribution < -0.4 is 15.2 Å². The lowest BCUT2D eigenvalue weighted by atomic mass is 10.2. The smallest absolute Gasteiger partial charge is 0.146 e. The molecule has 0 bridgehead atoms. The molecule has 0 unspecified atom stereocenters. The predicted octanol–water partition coefficient (Wildman–Crippen LogP) is 3.90. The van der Waals surface area contributed by atoms with E-state index >= 15 is 0 Å². The molecule has 106 valence electrons. The molecule has 0 heterocycles. The summed E-state index contributed by atoms with van der Waals surface area (Å²) >= 11 is 3.00. The van der Waals surface area contributed by atoms with Crippen molar-refractivity contribution in [1.29, 1.82) is 0 Å². The molecule has 0 spiro atoms. The van der Waals surface area contributed by atoms with Crippen molar-refractivity contribution in [3.8, 4) is 11.5 Å². The van der Waals surface area contributed by atoms with Crippen LogP contribution in [0.2, 0.25) is 0 Å². The number of rotatable bonds is 4. The Hall–Kier alpha value is -1.82. The number of nitrogen functional groups attached to an aromatic ring is 1. The van der Waals surface area contributed by atoms with Gasteiger partial charge in [0.25, 0.3) is 0 Å². The summed E-state index contributed by atoms with van der Waals surface area (Å²) in [7, 11) is 1.50. The summed E-state index contributed by atoms with van der Waals surface area (Å²) in [6.45, 7) is -0.269. The van der Waals surface area contributed by atoms with E-state index in [1.807, 2.05) is 0 Å². The minimum Gasteiger partial charge on any atom is -0.497 e. The van der Waals surface area contributed by atoms with Crippen molar-refractivity contribution in [2.24, 2.45) is 0 Å². The van der Waals surface area contributed by atoms with E-state index in [1.165, 1.54) is 19.2 Å². The molecule has 0 saturated heterocycles. The largest absolute Gasteiger partial charge is 0.497 e. The highest BCUT2D eigenvalue weighted by atomic mass is 79.9. The first-order valence-corrected chi connectivity index (χ1v) is 6.51. The van der Waals surface area contributed by atoms with Crippen LogP contribution in [0, 0.1) is 11.6 Å². The van der Waals surface area contributed by atoms with E-state index in [9.17, 15) is 8.78 Å². The summed E-state index contributed by atoms with van der Waals surface area (Å²) in [5, 5.41) is 0. The minimum absolute atomic E-state index is 0.165. The minimum atomic E-state index is -0.688. The SMILES string of the molecule is COc1ccc(N)c(OCc2c(F)ccc(Br)c2F)c1. The van der Waals surface area contributed by atoms with Crippen LogP contribution in [0.5, 0.6) is 11.5 Å². The molecule has 0 atom stereocenters. The van der Waals surface area contributed by atoms with Crippen LogP contribution in [0.4, 0.5) is 14.5 Å². The average molecular weight is 344 g/mol. The van der Waals surface area contributed by atoms with Crippen molar-refractivity contribution in [2.45, 2.75) is 6.61 Å². The second kappa shape index (κ2) is 6.09. The van der Waals surface area contributed by atoms with Gasteiger partial charge in [-0.25, -0.2) is 8.78 Å². The second-order valence-corrected chi connectivity index (χ2v) is 4.87. The number of benzene rings is 2. The topological polar surface area (TPSA) is 44.5 Å². The fraction of sp³-hybridized carbons (Fsp3) is 0.143. The molecule has 0 aliphatic rings. The number of hydrogen-bond acceptors (Lipinski definition) is 3. The molecule has 0 fully saturated rings. The van der Waals surface area contributed by atoms with Gasteiger partial charge in [0.1, 0.15) is 29.7 Å². The van der Waals surface area contributed by atoms with Crippen molar-refractivity contribution in [1.82, 2.24) is 0 Å². The van der Waals surface area contributed by atoms with Crippen LogP contribution in [0.15, 0.2) is 34.8 Å². The Labute approximate surface area is 123 Å². The number of methoxy groups -OCH3 is 1. The molecule has 0 aliphatic carbocycles. The molecule has 2 rings (SSSR count). The van der Waals surface area contributed by atoms with Crippen LogP contribution >= 0.6 is 15.9 Å². The molecular weight excluding hydrogens is 332 g/mol.